The van der Waals surface area contributed by atoms with Crippen molar-refractivity contribution >= 4 is 39.8 Å². The Balaban J connectivity index is 0.00000338. The molecule has 2 N–H and O–H groups in total. The number of nitrogens with zero attached hydrogens (tertiary/aromatic N) is 1. The quantitative estimate of drug-likeness (QED) is 0.344. The maximum absolute atomic E-state index is 11.6. The van der Waals surface area contributed by atoms with E-state index in [4.69, 9.17) is 4.74 Å². The highest BCUT2D eigenvalue weighted by Crippen LogP contribution is 2.33. The van der Waals surface area contributed by atoms with Gasteiger partial charge in [-0.1, -0.05) is 20.8 Å². The fourth-order valence-electron chi connectivity index (χ4n) is 3.82. The number of aliphatic imine (C=N–C) groups is 1. The number of halogens is 1. The zero-order valence-corrected chi connectivity index (χ0v) is 19.7. The van der Waals surface area contributed by atoms with Crippen molar-refractivity contribution < 1.29 is 13.2 Å². The second-order valence-electron chi connectivity index (χ2n) is 8.43. The second-order valence-corrected chi connectivity index (χ2v) is 10.7. The maximum atomic E-state index is 11.6. The summed E-state index contributed by atoms with van der Waals surface area (Å²) in [7, 11) is -2.84. The molecular formula is C18H36IN3O3S. The van der Waals surface area contributed by atoms with Gasteiger partial charge in [-0.2, -0.15) is 0 Å². The van der Waals surface area contributed by atoms with Gasteiger partial charge in [0.2, 0.25) is 0 Å². The van der Waals surface area contributed by atoms with Crippen LogP contribution in [-0.2, 0) is 14.6 Å². The van der Waals surface area contributed by atoms with Crippen molar-refractivity contribution in [2.24, 2.45) is 22.2 Å². The molecule has 6 nitrogen and oxygen atoms in total. The molecule has 2 heterocycles. The van der Waals surface area contributed by atoms with E-state index >= 15 is 0 Å². The number of guanidine groups is 1. The molecule has 2 saturated heterocycles. The lowest BCUT2D eigenvalue weighted by atomic mass is 9.78. The van der Waals surface area contributed by atoms with Crippen LogP contribution in [0.25, 0.3) is 0 Å². The first-order valence-corrected chi connectivity index (χ1v) is 11.4. The fourth-order valence-corrected chi connectivity index (χ4v) is 5.66. The molecule has 3 unspecified atom stereocenters. The fraction of sp³-hybridized carbons (Fsp3) is 0.944. The molecule has 154 valence electrons. The van der Waals surface area contributed by atoms with Crippen LogP contribution in [0.5, 0.6) is 0 Å². The van der Waals surface area contributed by atoms with Gasteiger partial charge in [-0.3, -0.25) is 4.99 Å². The van der Waals surface area contributed by atoms with Gasteiger partial charge in [0.05, 0.1) is 17.6 Å². The van der Waals surface area contributed by atoms with Gasteiger partial charge in [0, 0.05) is 32.2 Å². The van der Waals surface area contributed by atoms with Crippen LogP contribution >= 0.6 is 24.0 Å². The third-order valence-corrected chi connectivity index (χ3v) is 6.85. The number of hydrogen-bond acceptors (Lipinski definition) is 4. The minimum absolute atomic E-state index is 0. The van der Waals surface area contributed by atoms with Gasteiger partial charge in [0.1, 0.15) is 0 Å². The average molecular weight is 501 g/mol. The van der Waals surface area contributed by atoms with Crippen molar-refractivity contribution in [1.82, 2.24) is 10.6 Å². The van der Waals surface area contributed by atoms with Crippen LogP contribution in [0.2, 0.25) is 0 Å². The Morgan fingerprint density at radius 1 is 1.23 bits per heavy atom. The van der Waals surface area contributed by atoms with Gasteiger partial charge in [-0.25, -0.2) is 8.42 Å². The van der Waals surface area contributed by atoms with E-state index in [1.54, 1.807) is 0 Å². The molecule has 0 aliphatic carbocycles. The summed E-state index contributed by atoms with van der Waals surface area (Å²) >= 11 is 0. The number of rotatable bonds is 5. The standard InChI is InChI=1S/C18H35N3O3S.HI/c1-5-19-17(20-11-14-8-10-25(22,23)13-14)21-12-15-7-6-9-24-16(15)18(2,3)4;/h14-16H,5-13H2,1-4H3,(H2,19,20,21);1H. The Morgan fingerprint density at radius 2 is 1.96 bits per heavy atom. The van der Waals surface area contributed by atoms with Gasteiger partial charge in [-0.05, 0) is 37.5 Å². The van der Waals surface area contributed by atoms with Crippen LogP contribution in [0.1, 0.15) is 47.0 Å². The molecule has 2 fully saturated rings. The molecule has 0 amide bonds. The molecule has 3 atom stereocenters. The van der Waals surface area contributed by atoms with Crippen LogP contribution in [0.15, 0.2) is 4.99 Å². The highest BCUT2D eigenvalue weighted by molar-refractivity contribution is 14.0. The van der Waals surface area contributed by atoms with Crippen LogP contribution in [0.3, 0.4) is 0 Å². The molecule has 2 aliphatic heterocycles. The van der Waals surface area contributed by atoms with Gasteiger partial charge in [-0.15, -0.1) is 24.0 Å². The third kappa shape index (κ3) is 7.50. The van der Waals surface area contributed by atoms with E-state index in [0.717, 1.165) is 44.9 Å². The molecule has 0 saturated carbocycles. The SMILES string of the molecule is CCNC(=NCC1CCS(=O)(=O)C1)NCC1CCCOC1C(C)(C)C.I. The van der Waals surface area contributed by atoms with Crippen molar-refractivity contribution in [1.29, 1.82) is 0 Å². The number of ether oxygens (including phenoxy) is 1. The van der Waals surface area contributed by atoms with Crippen LogP contribution < -0.4 is 10.6 Å². The summed E-state index contributed by atoms with van der Waals surface area (Å²) in [6.07, 6.45) is 3.24. The lowest BCUT2D eigenvalue weighted by Crippen LogP contribution is -2.47. The molecule has 26 heavy (non-hydrogen) atoms. The maximum Gasteiger partial charge on any atom is 0.191 e. The summed E-state index contributed by atoms with van der Waals surface area (Å²) in [6.45, 7) is 11.8. The van der Waals surface area contributed by atoms with Gasteiger partial charge in [0.25, 0.3) is 0 Å². The van der Waals surface area contributed by atoms with Crippen LogP contribution in [-0.4, -0.2) is 58.2 Å². The summed E-state index contributed by atoms with van der Waals surface area (Å²) in [4.78, 5) is 4.62. The summed E-state index contributed by atoms with van der Waals surface area (Å²) in [5, 5.41) is 6.72. The van der Waals surface area contributed by atoms with Crippen molar-refractivity contribution in [3.8, 4) is 0 Å². The molecule has 2 rings (SSSR count). The van der Waals surface area contributed by atoms with E-state index in [2.05, 4.69) is 36.4 Å². The highest BCUT2D eigenvalue weighted by atomic mass is 127. The summed E-state index contributed by atoms with van der Waals surface area (Å²) in [5.74, 6) is 1.98. The Bertz CT molecular complexity index is 561. The first kappa shape index (κ1) is 23.9. The Kier molecular flexibility index (Phi) is 9.63. The zero-order valence-electron chi connectivity index (χ0n) is 16.6. The molecule has 0 aromatic heterocycles. The molecular weight excluding hydrogens is 465 g/mol. The Morgan fingerprint density at radius 3 is 2.54 bits per heavy atom. The molecule has 0 spiro atoms. The molecule has 0 aromatic carbocycles. The summed E-state index contributed by atoms with van der Waals surface area (Å²) < 4.78 is 29.2. The first-order chi connectivity index (χ1) is 11.7. The summed E-state index contributed by atoms with van der Waals surface area (Å²) in [6, 6.07) is 0. The van der Waals surface area contributed by atoms with E-state index in [1.165, 1.54) is 0 Å². The summed E-state index contributed by atoms with van der Waals surface area (Å²) in [5.41, 5.74) is 0.125. The largest absolute Gasteiger partial charge is 0.377 e. The first-order valence-electron chi connectivity index (χ1n) is 9.55. The molecule has 2 aliphatic rings. The molecule has 8 heteroatoms. The molecule has 0 bridgehead atoms. The van der Waals surface area contributed by atoms with Crippen molar-refractivity contribution in [2.75, 3.05) is 37.7 Å². The monoisotopic (exact) mass is 501 g/mol. The van der Waals surface area contributed by atoms with E-state index in [0.29, 0.717) is 18.2 Å². The second kappa shape index (κ2) is 10.5. The van der Waals surface area contributed by atoms with Gasteiger partial charge >= 0.3 is 0 Å². The lowest BCUT2D eigenvalue weighted by Gasteiger charge is -2.40. The Hall–Kier alpha value is -0.0900. The van der Waals surface area contributed by atoms with E-state index < -0.39 is 9.84 Å². The topological polar surface area (TPSA) is 79.8 Å². The van der Waals surface area contributed by atoms with E-state index in [1.807, 2.05) is 6.92 Å². The van der Waals surface area contributed by atoms with E-state index in [-0.39, 0.29) is 47.2 Å². The lowest BCUT2D eigenvalue weighted by molar-refractivity contribution is -0.0835. The zero-order chi connectivity index (χ0) is 18.5. The van der Waals surface area contributed by atoms with Crippen LogP contribution in [0.4, 0.5) is 0 Å². The van der Waals surface area contributed by atoms with E-state index in [9.17, 15) is 8.42 Å². The highest BCUT2D eigenvalue weighted by Gasteiger charge is 2.35. The number of sulfone groups is 1. The smallest absolute Gasteiger partial charge is 0.191 e. The minimum atomic E-state index is -2.84. The van der Waals surface area contributed by atoms with Crippen molar-refractivity contribution in [2.45, 2.75) is 53.1 Å². The predicted octanol–water partition coefficient (Wildman–Crippen LogP) is 2.44. The van der Waals surface area contributed by atoms with Gasteiger partial charge < -0.3 is 15.4 Å². The van der Waals surface area contributed by atoms with Crippen LogP contribution in [0, 0.1) is 17.3 Å². The minimum Gasteiger partial charge on any atom is -0.377 e. The van der Waals surface area contributed by atoms with Crippen molar-refractivity contribution in [3.05, 3.63) is 0 Å². The third-order valence-electron chi connectivity index (χ3n) is 5.01. The molecule has 0 aromatic rings. The van der Waals surface area contributed by atoms with Gasteiger partial charge in [0.15, 0.2) is 15.8 Å². The Labute approximate surface area is 176 Å². The average Bonchev–Trinajstić information content (AvgIpc) is 2.88. The number of hydrogen-bond donors (Lipinski definition) is 2. The normalized spacial score (nSPS) is 29.1. The predicted molar refractivity (Wildman–Crippen MR) is 118 cm³/mol. The number of nitrogens with one attached hydrogen (secondary N) is 2. The molecule has 0 radical (unpaired) electrons. The van der Waals surface area contributed by atoms with Crippen molar-refractivity contribution in [3.63, 3.8) is 0 Å².